The average Bonchev–Trinajstić information content (AvgIpc) is 3.02. The fourth-order valence-electron chi connectivity index (χ4n) is 2.84. The number of benzene rings is 2. The largest absolute Gasteiger partial charge is 0.309 e. The Hall–Kier alpha value is -1.73. The van der Waals surface area contributed by atoms with Gasteiger partial charge in [-0.2, -0.15) is 0 Å². The van der Waals surface area contributed by atoms with Crippen LogP contribution >= 0.6 is 35.3 Å². The van der Waals surface area contributed by atoms with Crippen LogP contribution in [0.4, 0.5) is 9.52 Å². The summed E-state index contributed by atoms with van der Waals surface area (Å²) >= 11 is 7.60. The molecule has 3 rings (SSSR count). The normalized spacial score (nSPS) is 10.9. The van der Waals surface area contributed by atoms with Crippen LogP contribution in [0.3, 0.4) is 0 Å². The lowest BCUT2D eigenvalue weighted by molar-refractivity contribution is 0.0986. The van der Waals surface area contributed by atoms with Crippen LogP contribution < -0.4 is 4.90 Å². The van der Waals surface area contributed by atoms with Gasteiger partial charge in [-0.3, -0.25) is 9.69 Å². The number of fused-ring (bicyclic) bond motifs is 1. The minimum absolute atomic E-state index is 0. The Morgan fingerprint density at radius 2 is 1.86 bits per heavy atom. The highest BCUT2D eigenvalue weighted by Crippen LogP contribution is 2.33. The maximum Gasteiger partial charge on any atom is 0.260 e. The Morgan fingerprint density at radius 3 is 2.50 bits per heavy atom. The van der Waals surface area contributed by atoms with Gasteiger partial charge in [0.2, 0.25) is 0 Å². The number of aryl methyl sites for hydroxylation is 1. The predicted octanol–water partition coefficient (Wildman–Crippen LogP) is 5.42. The molecule has 0 bridgehead atoms. The summed E-state index contributed by atoms with van der Waals surface area (Å²) in [5.41, 5.74) is 2.27. The van der Waals surface area contributed by atoms with Crippen LogP contribution in [-0.4, -0.2) is 43.0 Å². The Balaban J connectivity index is 0.00000280. The first kappa shape index (κ1) is 22.6. The maximum atomic E-state index is 13.2. The fourth-order valence-corrected chi connectivity index (χ4v) is 4.28. The van der Waals surface area contributed by atoms with Gasteiger partial charge in [0, 0.05) is 17.1 Å². The number of thiazole rings is 1. The lowest BCUT2D eigenvalue weighted by atomic mass is 10.2. The zero-order valence-corrected chi connectivity index (χ0v) is 18.3. The van der Waals surface area contributed by atoms with Crippen LogP contribution in [0, 0.1) is 12.7 Å². The molecule has 0 radical (unpaired) electrons. The van der Waals surface area contributed by atoms with E-state index in [1.807, 2.05) is 33.2 Å². The van der Waals surface area contributed by atoms with E-state index >= 15 is 0 Å². The van der Waals surface area contributed by atoms with E-state index in [1.54, 1.807) is 4.90 Å². The number of anilines is 1. The van der Waals surface area contributed by atoms with E-state index in [0.29, 0.717) is 22.3 Å². The molecule has 150 valence electrons. The molecule has 1 aromatic heterocycles. The van der Waals surface area contributed by atoms with E-state index in [4.69, 9.17) is 16.6 Å². The molecule has 0 saturated heterocycles. The van der Waals surface area contributed by atoms with Gasteiger partial charge in [0.25, 0.3) is 5.91 Å². The molecular weight excluding hydrogens is 420 g/mol. The standard InChI is InChI=1S/C20H21ClFN3OS.ClH/c1-13-11-15(21)12-17-18(13)23-20(27-17)25(10-4-9-24(2)3)19(26)14-5-7-16(22)8-6-14;/h5-8,11-12H,4,9-10H2,1-3H3;1H. The van der Waals surface area contributed by atoms with Gasteiger partial charge < -0.3 is 4.90 Å². The maximum absolute atomic E-state index is 13.2. The highest BCUT2D eigenvalue weighted by atomic mass is 35.5. The minimum Gasteiger partial charge on any atom is -0.309 e. The van der Waals surface area contributed by atoms with Crippen LogP contribution in [0.25, 0.3) is 10.2 Å². The second kappa shape index (κ2) is 9.65. The van der Waals surface area contributed by atoms with Gasteiger partial charge in [0.05, 0.1) is 10.2 Å². The molecular formula is C20H22Cl2FN3OS. The van der Waals surface area contributed by atoms with Crippen molar-refractivity contribution < 1.29 is 9.18 Å². The number of rotatable bonds is 6. The molecule has 0 saturated carbocycles. The molecule has 0 fully saturated rings. The van der Waals surface area contributed by atoms with Crippen molar-refractivity contribution in [2.24, 2.45) is 0 Å². The number of carbonyl (C=O) groups is 1. The van der Waals surface area contributed by atoms with Crippen LogP contribution in [0.15, 0.2) is 36.4 Å². The molecule has 8 heteroatoms. The number of amides is 1. The third-order valence-corrected chi connectivity index (χ3v) is 5.44. The number of halogens is 3. The van der Waals surface area contributed by atoms with Crippen molar-refractivity contribution in [1.29, 1.82) is 0 Å². The topological polar surface area (TPSA) is 36.4 Å². The summed E-state index contributed by atoms with van der Waals surface area (Å²) in [5.74, 6) is -0.549. The van der Waals surface area contributed by atoms with Crippen molar-refractivity contribution in [2.45, 2.75) is 13.3 Å². The van der Waals surface area contributed by atoms with Gasteiger partial charge in [-0.05, 0) is 75.9 Å². The number of hydrogen-bond acceptors (Lipinski definition) is 4. The Morgan fingerprint density at radius 1 is 1.18 bits per heavy atom. The zero-order chi connectivity index (χ0) is 19.6. The lowest BCUT2D eigenvalue weighted by Gasteiger charge is -2.21. The molecule has 3 aromatic rings. The van der Waals surface area contributed by atoms with Crippen LogP contribution in [-0.2, 0) is 0 Å². The molecule has 28 heavy (non-hydrogen) atoms. The smallest absolute Gasteiger partial charge is 0.260 e. The summed E-state index contributed by atoms with van der Waals surface area (Å²) in [5, 5.41) is 1.28. The van der Waals surface area contributed by atoms with Crippen LogP contribution in [0.5, 0.6) is 0 Å². The van der Waals surface area contributed by atoms with Crippen molar-refractivity contribution in [3.63, 3.8) is 0 Å². The third kappa shape index (κ3) is 5.20. The number of nitrogens with zero attached hydrogens (tertiary/aromatic N) is 3. The monoisotopic (exact) mass is 441 g/mol. The first-order valence-electron chi connectivity index (χ1n) is 8.64. The Labute approximate surface area is 179 Å². The second-order valence-electron chi connectivity index (χ2n) is 6.69. The summed E-state index contributed by atoms with van der Waals surface area (Å²) in [6, 6.07) is 9.34. The van der Waals surface area contributed by atoms with Gasteiger partial charge in [-0.25, -0.2) is 9.37 Å². The van der Waals surface area contributed by atoms with E-state index in [2.05, 4.69) is 4.90 Å². The first-order chi connectivity index (χ1) is 12.8. The lowest BCUT2D eigenvalue weighted by Crippen LogP contribution is -2.33. The molecule has 0 spiro atoms. The van der Waals surface area contributed by atoms with E-state index in [1.165, 1.54) is 35.6 Å². The molecule has 0 aliphatic carbocycles. The van der Waals surface area contributed by atoms with Crippen LogP contribution in [0.2, 0.25) is 5.02 Å². The van der Waals surface area contributed by atoms with E-state index in [0.717, 1.165) is 28.7 Å². The molecule has 2 aromatic carbocycles. The van der Waals surface area contributed by atoms with Gasteiger partial charge in [0.15, 0.2) is 5.13 Å². The first-order valence-corrected chi connectivity index (χ1v) is 9.83. The summed E-state index contributed by atoms with van der Waals surface area (Å²) in [7, 11) is 3.99. The zero-order valence-electron chi connectivity index (χ0n) is 15.9. The molecule has 1 heterocycles. The van der Waals surface area contributed by atoms with Crippen molar-refractivity contribution in [3.05, 3.63) is 58.4 Å². The second-order valence-corrected chi connectivity index (χ2v) is 8.13. The van der Waals surface area contributed by atoms with Crippen molar-refractivity contribution in [3.8, 4) is 0 Å². The van der Waals surface area contributed by atoms with Crippen molar-refractivity contribution in [1.82, 2.24) is 9.88 Å². The quantitative estimate of drug-likeness (QED) is 0.512. The minimum atomic E-state index is -0.365. The Kier molecular flexibility index (Phi) is 7.78. The average molecular weight is 442 g/mol. The molecule has 0 N–H and O–H groups in total. The number of aromatic nitrogens is 1. The SMILES string of the molecule is Cc1cc(Cl)cc2sc(N(CCCN(C)C)C(=O)c3ccc(F)cc3)nc12.Cl. The Bertz CT molecular complexity index is 960. The molecule has 1 amide bonds. The number of carbonyl (C=O) groups excluding carboxylic acids is 1. The predicted molar refractivity (Wildman–Crippen MR) is 118 cm³/mol. The van der Waals surface area contributed by atoms with E-state index < -0.39 is 0 Å². The summed E-state index contributed by atoms with van der Waals surface area (Å²) < 4.78 is 14.2. The molecule has 4 nitrogen and oxygen atoms in total. The van der Waals surface area contributed by atoms with Gasteiger partial charge in [0.1, 0.15) is 5.82 Å². The van der Waals surface area contributed by atoms with Crippen molar-refractivity contribution >= 4 is 56.6 Å². The van der Waals surface area contributed by atoms with Gasteiger partial charge in [-0.15, -0.1) is 12.4 Å². The number of hydrogen-bond donors (Lipinski definition) is 0. The van der Waals surface area contributed by atoms with Crippen LogP contribution in [0.1, 0.15) is 22.3 Å². The summed E-state index contributed by atoms with van der Waals surface area (Å²) in [6.07, 6.45) is 0.801. The highest BCUT2D eigenvalue weighted by Gasteiger charge is 2.22. The summed E-state index contributed by atoms with van der Waals surface area (Å²) in [6.45, 7) is 3.33. The van der Waals surface area contributed by atoms with Gasteiger partial charge >= 0.3 is 0 Å². The van der Waals surface area contributed by atoms with E-state index in [-0.39, 0.29) is 24.1 Å². The molecule has 0 unspecified atom stereocenters. The third-order valence-electron chi connectivity index (χ3n) is 4.19. The fraction of sp³-hybridized carbons (Fsp3) is 0.300. The molecule has 0 aliphatic rings. The summed E-state index contributed by atoms with van der Waals surface area (Å²) in [4.78, 5) is 21.5. The van der Waals surface area contributed by atoms with E-state index in [9.17, 15) is 9.18 Å². The van der Waals surface area contributed by atoms with Gasteiger partial charge in [-0.1, -0.05) is 22.9 Å². The van der Waals surface area contributed by atoms with Crippen molar-refractivity contribution in [2.75, 3.05) is 32.1 Å². The highest BCUT2D eigenvalue weighted by molar-refractivity contribution is 7.22. The molecule has 0 aliphatic heterocycles. The molecule has 0 atom stereocenters.